The third kappa shape index (κ3) is 4.42. The molecule has 3 aromatic rings. The quantitative estimate of drug-likeness (QED) is 0.731. The summed E-state index contributed by atoms with van der Waals surface area (Å²) in [6.45, 7) is 2.41. The first kappa shape index (κ1) is 17.1. The van der Waals surface area contributed by atoms with Gasteiger partial charge in [0.15, 0.2) is 5.82 Å². The molecule has 1 aromatic carbocycles. The zero-order chi connectivity index (χ0) is 17.8. The summed E-state index contributed by atoms with van der Waals surface area (Å²) >= 11 is 5.79. The molecule has 3 rings (SSSR count). The number of benzene rings is 1. The van der Waals surface area contributed by atoms with Crippen LogP contribution < -0.4 is 10.9 Å². The highest BCUT2D eigenvalue weighted by Crippen LogP contribution is 2.24. The van der Waals surface area contributed by atoms with Crippen molar-refractivity contribution in [1.82, 2.24) is 15.0 Å². The van der Waals surface area contributed by atoms with Gasteiger partial charge in [-0.2, -0.15) is 0 Å². The van der Waals surface area contributed by atoms with Crippen LogP contribution in [0.25, 0.3) is 11.4 Å². The van der Waals surface area contributed by atoms with Gasteiger partial charge in [0.1, 0.15) is 11.6 Å². The maximum Gasteiger partial charge on any atom is 0.248 e. The van der Waals surface area contributed by atoms with Crippen LogP contribution in [0, 0.1) is 12.7 Å². The van der Waals surface area contributed by atoms with Crippen LogP contribution in [-0.2, 0) is 6.42 Å². The Labute approximate surface area is 148 Å². The highest BCUT2D eigenvalue weighted by Gasteiger charge is 2.10. The van der Waals surface area contributed by atoms with Crippen molar-refractivity contribution in [3.63, 3.8) is 0 Å². The first-order valence-corrected chi connectivity index (χ1v) is 8.12. The number of aromatic amines is 1. The van der Waals surface area contributed by atoms with E-state index < -0.39 is 5.82 Å². The normalized spacial score (nSPS) is 10.7. The topological polar surface area (TPSA) is 70.7 Å². The molecule has 0 radical (unpaired) electrons. The SMILES string of the molecule is Cc1cc(NCCc2cc[nH]c(=O)c2)nc(-c2ccc(Cl)cc2F)n1. The number of rotatable bonds is 5. The summed E-state index contributed by atoms with van der Waals surface area (Å²) in [5, 5.41) is 3.51. The van der Waals surface area contributed by atoms with Gasteiger partial charge in [-0.15, -0.1) is 0 Å². The predicted octanol–water partition coefficient (Wildman–Crippen LogP) is 3.59. The molecule has 0 spiro atoms. The molecule has 0 fully saturated rings. The summed E-state index contributed by atoms with van der Waals surface area (Å²) in [6.07, 6.45) is 2.28. The van der Waals surface area contributed by atoms with Gasteiger partial charge < -0.3 is 10.3 Å². The lowest BCUT2D eigenvalue weighted by Gasteiger charge is -2.09. The third-order valence-corrected chi connectivity index (χ3v) is 3.82. The van der Waals surface area contributed by atoms with Crippen molar-refractivity contribution in [2.24, 2.45) is 0 Å². The van der Waals surface area contributed by atoms with E-state index in [1.54, 1.807) is 30.5 Å². The molecular formula is C18H16ClFN4O. The van der Waals surface area contributed by atoms with Crippen LogP contribution in [0.4, 0.5) is 10.2 Å². The molecule has 0 saturated heterocycles. The summed E-state index contributed by atoms with van der Waals surface area (Å²) in [5.41, 5.74) is 1.81. The smallest absolute Gasteiger partial charge is 0.248 e. The molecule has 7 heteroatoms. The van der Waals surface area contributed by atoms with Crippen LogP contribution in [0.2, 0.25) is 5.02 Å². The van der Waals surface area contributed by atoms with E-state index in [2.05, 4.69) is 20.3 Å². The number of anilines is 1. The number of aryl methyl sites for hydroxylation is 1. The highest BCUT2D eigenvalue weighted by molar-refractivity contribution is 6.30. The van der Waals surface area contributed by atoms with E-state index in [-0.39, 0.29) is 5.56 Å². The van der Waals surface area contributed by atoms with E-state index >= 15 is 0 Å². The summed E-state index contributed by atoms with van der Waals surface area (Å²) in [4.78, 5) is 22.5. The lowest BCUT2D eigenvalue weighted by Crippen LogP contribution is -2.10. The molecule has 0 atom stereocenters. The number of halogens is 2. The average molecular weight is 359 g/mol. The molecule has 2 N–H and O–H groups in total. The van der Waals surface area contributed by atoms with Gasteiger partial charge in [-0.25, -0.2) is 14.4 Å². The van der Waals surface area contributed by atoms with Gasteiger partial charge in [-0.3, -0.25) is 4.79 Å². The molecule has 0 saturated carbocycles. The van der Waals surface area contributed by atoms with Crippen LogP contribution in [0.3, 0.4) is 0 Å². The maximum absolute atomic E-state index is 14.1. The van der Waals surface area contributed by atoms with Crippen molar-refractivity contribution in [3.05, 3.63) is 75.0 Å². The van der Waals surface area contributed by atoms with E-state index in [1.165, 1.54) is 6.07 Å². The van der Waals surface area contributed by atoms with Crippen molar-refractivity contribution >= 4 is 17.4 Å². The Morgan fingerprint density at radius 3 is 2.80 bits per heavy atom. The van der Waals surface area contributed by atoms with E-state index in [1.807, 2.05) is 13.0 Å². The molecular weight excluding hydrogens is 343 g/mol. The second kappa shape index (κ2) is 7.44. The Kier molecular flexibility index (Phi) is 5.09. The van der Waals surface area contributed by atoms with Gasteiger partial charge in [0.05, 0.1) is 5.56 Å². The second-order valence-electron chi connectivity index (χ2n) is 5.58. The number of H-pyrrole nitrogens is 1. The van der Waals surface area contributed by atoms with Crippen molar-refractivity contribution in [3.8, 4) is 11.4 Å². The monoisotopic (exact) mass is 358 g/mol. The predicted molar refractivity (Wildman–Crippen MR) is 96.4 cm³/mol. The van der Waals surface area contributed by atoms with E-state index in [0.29, 0.717) is 35.2 Å². The van der Waals surface area contributed by atoms with Crippen molar-refractivity contribution in [2.75, 3.05) is 11.9 Å². The zero-order valence-corrected chi connectivity index (χ0v) is 14.3. The number of nitrogens with one attached hydrogen (secondary N) is 2. The Hall–Kier alpha value is -2.73. The minimum absolute atomic E-state index is 0.129. The molecule has 0 aliphatic rings. The fraction of sp³-hybridized carbons (Fsp3) is 0.167. The number of pyridine rings is 1. The van der Waals surface area contributed by atoms with E-state index in [0.717, 1.165) is 11.3 Å². The summed E-state index contributed by atoms with van der Waals surface area (Å²) in [5.74, 6) is 0.432. The number of nitrogens with zero attached hydrogens (tertiary/aromatic N) is 2. The van der Waals surface area contributed by atoms with E-state index in [9.17, 15) is 9.18 Å². The zero-order valence-electron chi connectivity index (χ0n) is 13.5. The molecule has 25 heavy (non-hydrogen) atoms. The second-order valence-corrected chi connectivity index (χ2v) is 6.02. The summed E-state index contributed by atoms with van der Waals surface area (Å²) in [6, 6.07) is 9.60. The Morgan fingerprint density at radius 2 is 2.04 bits per heavy atom. The van der Waals surface area contributed by atoms with Crippen molar-refractivity contribution in [1.29, 1.82) is 0 Å². The standard InChI is InChI=1S/C18H16ClFN4O/c1-11-8-16(21-6-4-12-5-7-22-17(25)9-12)24-18(23-11)14-3-2-13(19)10-15(14)20/h2-3,5,7-10H,4,6H2,1H3,(H,22,25)(H,21,23,24). The molecule has 0 amide bonds. The Morgan fingerprint density at radius 1 is 1.20 bits per heavy atom. The fourth-order valence-corrected chi connectivity index (χ4v) is 2.59. The molecule has 0 aliphatic heterocycles. The van der Waals surface area contributed by atoms with Crippen LogP contribution in [-0.4, -0.2) is 21.5 Å². The first-order valence-electron chi connectivity index (χ1n) is 7.74. The van der Waals surface area contributed by atoms with Gasteiger partial charge >= 0.3 is 0 Å². The molecule has 5 nitrogen and oxygen atoms in total. The first-order chi connectivity index (χ1) is 12.0. The highest BCUT2D eigenvalue weighted by atomic mass is 35.5. The fourth-order valence-electron chi connectivity index (χ4n) is 2.43. The minimum Gasteiger partial charge on any atom is -0.370 e. The lowest BCUT2D eigenvalue weighted by molar-refractivity contribution is 0.630. The number of hydrogen-bond acceptors (Lipinski definition) is 4. The molecule has 0 bridgehead atoms. The maximum atomic E-state index is 14.1. The van der Waals surface area contributed by atoms with Gasteiger partial charge in [-0.05, 0) is 43.2 Å². The van der Waals surface area contributed by atoms with Gasteiger partial charge in [-0.1, -0.05) is 11.6 Å². The van der Waals surface area contributed by atoms with Gasteiger partial charge in [0.2, 0.25) is 5.56 Å². The van der Waals surface area contributed by atoms with E-state index in [4.69, 9.17) is 11.6 Å². The molecule has 2 heterocycles. The Balaban J connectivity index is 1.76. The van der Waals surface area contributed by atoms with Crippen LogP contribution in [0.1, 0.15) is 11.3 Å². The lowest BCUT2D eigenvalue weighted by atomic mass is 10.2. The largest absolute Gasteiger partial charge is 0.370 e. The summed E-state index contributed by atoms with van der Waals surface area (Å²) in [7, 11) is 0. The Bertz CT molecular complexity index is 958. The van der Waals surface area contributed by atoms with Gasteiger partial charge in [0.25, 0.3) is 0 Å². The van der Waals surface area contributed by atoms with Crippen LogP contribution in [0.15, 0.2) is 47.4 Å². The summed E-state index contributed by atoms with van der Waals surface area (Å²) < 4.78 is 14.1. The van der Waals surface area contributed by atoms with Crippen LogP contribution >= 0.6 is 11.6 Å². The molecule has 128 valence electrons. The average Bonchev–Trinajstić information content (AvgIpc) is 2.54. The van der Waals surface area contributed by atoms with Crippen molar-refractivity contribution in [2.45, 2.75) is 13.3 Å². The molecule has 2 aromatic heterocycles. The minimum atomic E-state index is -0.465. The van der Waals surface area contributed by atoms with Crippen molar-refractivity contribution < 1.29 is 4.39 Å². The molecule has 0 aliphatic carbocycles. The molecule has 0 unspecified atom stereocenters. The third-order valence-electron chi connectivity index (χ3n) is 3.59. The number of aromatic nitrogens is 3. The van der Waals surface area contributed by atoms with Gasteiger partial charge in [0, 0.05) is 35.6 Å². The van der Waals surface area contributed by atoms with Crippen LogP contribution in [0.5, 0.6) is 0 Å². The number of hydrogen-bond donors (Lipinski definition) is 2.